The minimum atomic E-state index is -4.85. The number of alkyl halides is 3. The number of carbonyl (C=O) groups is 1. The minimum Gasteiger partial charge on any atom is -0.298 e. The molecule has 0 aliphatic rings. The fourth-order valence-corrected chi connectivity index (χ4v) is 0.962. The number of hydrogen-bond acceptors (Lipinski definition) is 1. The lowest BCUT2D eigenvalue weighted by molar-refractivity contribution is -0.139. The minimum absolute atomic E-state index is 0.0130. The van der Waals surface area contributed by atoms with Gasteiger partial charge in [0.25, 0.3) is 0 Å². The molecular formula is C8H3BF4O. The Morgan fingerprint density at radius 1 is 1.29 bits per heavy atom. The lowest BCUT2D eigenvalue weighted by Crippen LogP contribution is -2.16. The van der Waals surface area contributed by atoms with Crippen LogP contribution < -0.4 is 5.46 Å². The summed E-state index contributed by atoms with van der Waals surface area (Å²) in [5.41, 5.74) is -2.53. The summed E-state index contributed by atoms with van der Waals surface area (Å²) in [6.45, 7) is 0. The van der Waals surface area contributed by atoms with E-state index >= 15 is 0 Å². The molecule has 0 atom stereocenters. The van der Waals surface area contributed by atoms with Crippen LogP contribution in [0.3, 0.4) is 0 Å². The van der Waals surface area contributed by atoms with Gasteiger partial charge < -0.3 is 0 Å². The first kappa shape index (κ1) is 10.8. The second-order valence-corrected chi connectivity index (χ2v) is 2.59. The van der Waals surface area contributed by atoms with Gasteiger partial charge in [-0.2, -0.15) is 13.2 Å². The maximum atomic E-state index is 12.9. The highest BCUT2D eigenvalue weighted by Crippen LogP contribution is 2.31. The van der Waals surface area contributed by atoms with E-state index < -0.39 is 23.1 Å². The molecule has 1 aromatic carbocycles. The number of aldehydes is 1. The maximum Gasteiger partial charge on any atom is 0.419 e. The number of hydrogen-bond donors (Lipinski definition) is 0. The Morgan fingerprint density at radius 2 is 1.86 bits per heavy atom. The topological polar surface area (TPSA) is 17.1 Å². The van der Waals surface area contributed by atoms with Crippen LogP contribution in [0.2, 0.25) is 0 Å². The van der Waals surface area contributed by atoms with Crippen molar-refractivity contribution < 1.29 is 22.4 Å². The van der Waals surface area contributed by atoms with E-state index in [1.807, 2.05) is 0 Å². The van der Waals surface area contributed by atoms with Gasteiger partial charge in [0, 0.05) is 0 Å². The fraction of sp³-hybridized carbons (Fsp3) is 0.125. The predicted octanol–water partition coefficient (Wildman–Crippen LogP) is 1.45. The lowest BCUT2D eigenvalue weighted by Gasteiger charge is -2.10. The Balaban J connectivity index is 3.44. The normalized spacial score (nSPS) is 11.4. The molecule has 1 nitrogen and oxygen atoms in total. The Labute approximate surface area is 78.1 Å². The summed E-state index contributed by atoms with van der Waals surface area (Å²) in [6, 6.07) is 1.29. The molecule has 0 heterocycles. The summed E-state index contributed by atoms with van der Waals surface area (Å²) < 4.78 is 49.3. The van der Waals surface area contributed by atoms with Gasteiger partial charge in [0.05, 0.1) is 11.1 Å². The van der Waals surface area contributed by atoms with Gasteiger partial charge in [-0.25, -0.2) is 4.39 Å². The van der Waals surface area contributed by atoms with Crippen molar-refractivity contribution in [1.29, 1.82) is 0 Å². The quantitative estimate of drug-likeness (QED) is 0.382. The molecular weight excluding hydrogens is 199 g/mol. The van der Waals surface area contributed by atoms with Crippen molar-refractivity contribution in [3.05, 3.63) is 29.1 Å². The van der Waals surface area contributed by atoms with E-state index in [0.717, 1.165) is 6.07 Å². The molecule has 0 unspecified atom stereocenters. The SMILES string of the molecule is [B]c1cc(C=O)c(F)c(C(F)(F)F)c1. The Morgan fingerprint density at radius 3 is 2.29 bits per heavy atom. The largest absolute Gasteiger partial charge is 0.419 e. The molecule has 0 aliphatic carbocycles. The highest BCUT2D eigenvalue weighted by molar-refractivity contribution is 6.32. The number of halogens is 4. The number of benzene rings is 1. The van der Waals surface area contributed by atoms with Crippen LogP contribution in [-0.2, 0) is 6.18 Å². The third kappa shape index (κ3) is 1.94. The van der Waals surface area contributed by atoms with Crippen molar-refractivity contribution in [3.63, 3.8) is 0 Å². The van der Waals surface area contributed by atoms with Gasteiger partial charge in [0.2, 0.25) is 0 Å². The summed E-state index contributed by atoms with van der Waals surface area (Å²) >= 11 is 0. The van der Waals surface area contributed by atoms with Crippen LogP contribution in [0.15, 0.2) is 12.1 Å². The molecule has 14 heavy (non-hydrogen) atoms. The highest BCUT2D eigenvalue weighted by atomic mass is 19.4. The second kappa shape index (κ2) is 3.44. The van der Waals surface area contributed by atoms with Gasteiger partial charge in [-0.15, -0.1) is 0 Å². The molecule has 1 rings (SSSR count). The zero-order valence-electron chi connectivity index (χ0n) is 6.73. The zero-order valence-corrected chi connectivity index (χ0v) is 6.73. The summed E-state index contributed by atoms with van der Waals surface area (Å²) in [6.07, 6.45) is -4.86. The summed E-state index contributed by atoms with van der Waals surface area (Å²) in [7, 11) is 5.07. The molecule has 0 saturated heterocycles. The molecule has 72 valence electrons. The van der Waals surface area contributed by atoms with Crippen molar-refractivity contribution in [1.82, 2.24) is 0 Å². The van der Waals surface area contributed by atoms with Crippen LogP contribution in [0.25, 0.3) is 0 Å². The fourth-order valence-electron chi connectivity index (χ4n) is 0.962. The van der Waals surface area contributed by atoms with Crippen molar-refractivity contribution in [3.8, 4) is 0 Å². The standard InChI is InChI=1S/C8H3BF4O/c9-5-1-4(3-14)7(10)6(2-5)8(11,12)13/h1-3H. The molecule has 0 saturated carbocycles. The Bertz CT molecular complexity index is 372. The number of carbonyl (C=O) groups excluding carboxylic acids is 1. The summed E-state index contributed by atoms with van der Waals surface area (Å²) in [5, 5.41) is 0. The molecule has 0 spiro atoms. The molecule has 0 fully saturated rings. The first-order valence-electron chi connectivity index (χ1n) is 3.47. The first-order chi connectivity index (χ1) is 6.36. The van der Waals surface area contributed by atoms with Gasteiger partial charge in [-0.3, -0.25) is 4.79 Å². The third-order valence-electron chi connectivity index (χ3n) is 1.56. The number of rotatable bonds is 1. The molecule has 2 radical (unpaired) electrons. The zero-order chi connectivity index (χ0) is 10.9. The van der Waals surface area contributed by atoms with E-state index in [0.29, 0.717) is 6.07 Å². The molecule has 0 amide bonds. The second-order valence-electron chi connectivity index (χ2n) is 2.59. The Kier molecular flexibility index (Phi) is 2.64. The van der Waals surface area contributed by atoms with Crippen LogP contribution in [0, 0.1) is 5.82 Å². The van der Waals surface area contributed by atoms with E-state index in [9.17, 15) is 22.4 Å². The maximum absolute atomic E-state index is 12.9. The predicted molar refractivity (Wildman–Crippen MR) is 42.2 cm³/mol. The van der Waals surface area contributed by atoms with Crippen molar-refractivity contribution in [2.24, 2.45) is 0 Å². The highest BCUT2D eigenvalue weighted by Gasteiger charge is 2.35. The van der Waals surface area contributed by atoms with E-state index in [1.165, 1.54) is 0 Å². The molecule has 1 aromatic rings. The van der Waals surface area contributed by atoms with Crippen LogP contribution in [-0.4, -0.2) is 14.1 Å². The summed E-state index contributed by atoms with van der Waals surface area (Å²) in [4.78, 5) is 10.2. The van der Waals surface area contributed by atoms with Crippen LogP contribution in [0.1, 0.15) is 15.9 Å². The van der Waals surface area contributed by atoms with E-state index in [2.05, 4.69) is 0 Å². The van der Waals surface area contributed by atoms with Crippen LogP contribution >= 0.6 is 0 Å². The van der Waals surface area contributed by atoms with Gasteiger partial charge in [-0.05, 0) is 0 Å². The van der Waals surface area contributed by atoms with Gasteiger partial charge in [0.1, 0.15) is 13.7 Å². The van der Waals surface area contributed by atoms with Gasteiger partial charge in [0.15, 0.2) is 6.29 Å². The van der Waals surface area contributed by atoms with Gasteiger partial charge in [-0.1, -0.05) is 17.6 Å². The summed E-state index contributed by atoms with van der Waals surface area (Å²) in [5.74, 6) is -1.60. The van der Waals surface area contributed by atoms with Crippen LogP contribution in [0.5, 0.6) is 0 Å². The van der Waals surface area contributed by atoms with E-state index in [-0.39, 0.29) is 11.7 Å². The molecule has 6 heteroatoms. The van der Waals surface area contributed by atoms with Crippen LogP contribution in [0.4, 0.5) is 17.6 Å². The van der Waals surface area contributed by atoms with Crippen molar-refractivity contribution in [2.45, 2.75) is 6.18 Å². The molecule has 0 aromatic heterocycles. The van der Waals surface area contributed by atoms with Crippen molar-refractivity contribution >= 4 is 19.6 Å². The molecule has 0 bridgehead atoms. The molecule has 0 N–H and O–H groups in total. The first-order valence-corrected chi connectivity index (χ1v) is 3.47. The molecule has 0 aliphatic heterocycles. The Hall–Kier alpha value is -1.33. The van der Waals surface area contributed by atoms with E-state index in [4.69, 9.17) is 7.85 Å². The average Bonchev–Trinajstić information content (AvgIpc) is 2.06. The monoisotopic (exact) mass is 202 g/mol. The van der Waals surface area contributed by atoms with Gasteiger partial charge >= 0.3 is 6.18 Å². The average molecular weight is 202 g/mol. The van der Waals surface area contributed by atoms with Crippen molar-refractivity contribution in [2.75, 3.05) is 0 Å². The third-order valence-corrected chi connectivity index (χ3v) is 1.56. The smallest absolute Gasteiger partial charge is 0.298 e. The lowest BCUT2D eigenvalue weighted by atomic mass is 9.91. The van der Waals surface area contributed by atoms with E-state index in [1.54, 1.807) is 0 Å².